The van der Waals surface area contributed by atoms with Crippen LogP contribution in [0.5, 0.6) is 0 Å². The second kappa shape index (κ2) is 4.49. The third-order valence-electron chi connectivity index (χ3n) is 1.71. The Morgan fingerprint density at radius 1 is 1.53 bits per heavy atom. The molecule has 2 atom stereocenters. The lowest BCUT2D eigenvalue weighted by molar-refractivity contribution is 0.0322. The first-order chi connectivity index (χ1) is 6.79. The first kappa shape index (κ1) is 12.4. The van der Waals surface area contributed by atoms with Crippen molar-refractivity contribution in [3.63, 3.8) is 0 Å². The minimum absolute atomic E-state index is 0.176. The van der Waals surface area contributed by atoms with Crippen LogP contribution in [-0.2, 0) is 20.2 Å². The van der Waals surface area contributed by atoms with Crippen molar-refractivity contribution >= 4 is 17.4 Å². The first-order valence-electron chi connectivity index (χ1n) is 4.85. The zero-order chi connectivity index (χ0) is 11.6. The Bertz CT molecular complexity index is 274. The van der Waals surface area contributed by atoms with Crippen LogP contribution in [0, 0.1) is 5.92 Å². The van der Waals surface area contributed by atoms with E-state index in [1.165, 1.54) is 0 Å². The highest BCUT2D eigenvalue weighted by Crippen LogP contribution is 2.17. The fourth-order valence-electron chi connectivity index (χ4n) is 1.08. The largest absolute Gasteiger partial charge is 0.443 e. The highest BCUT2D eigenvalue weighted by atomic mass is 32.2. The Morgan fingerprint density at radius 2 is 2.13 bits per heavy atom. The fraction of sp³-hybridized carbons (Fsp3) is 0.889. The number of amides is 1. The topological polar surface area (TPSA) is 55.8 Å². The number of nitrogens with zero attached hydrogens (tertiary/aromatic N) is 1. The minimum atomic E-state index is -1.70. The smallest absolute Gasteiger partial charge is 0.424 e. The van der Waals surface area contributed by atoms with Crippen molar-refractivity contribution in [3.8, 4) is 0 Å². The maximum Gasteiger partial charge on any atom is 0.424 e. The third kappa shape index (κ3) is 3.79. The van der Waals surface area contributed by atoms with E-state index in [4.69, 9.17) is 8.92 Å². The summed E-state index contributed by atoms with van der Waals surface area (Å²) in [4.78, 5) is 11.6. The Balaban J connectivity index is 2.61. The second-order valence-corrected chi connectivity index (χ2v) is 5.76. The molecule has 5 nitrogen and oxygen atoms in total. The molecule has 0 saturated carbocycles. The molecule has 6 heteroatoms. The number of hydrogen-bond donors (Lipinski definition) is 0. The molecule has 0 aromatic rings. The van der Waals surface area contributed by atoms with Gasteiger partial charge in [0.25, 0.3) is 11.3 Å². The van der Waals surface area contributed by atoms with Gasteiger partial charge in [-0.15, -0.1) is 0 Å². The summed E-state index contributed by atoms with van der Waals surface area (Å²) >= 11 is -1.70. The van der Waals surface area contributed by atoms with Crippen molar-refractivity contribution in [1.82, 2.24) is 4.31 Å². The Kier molecular flexibility index (Phi) is 3.72. The highest BCUT2D eigenvalue weighted by Gasteiger charge is 2.31. The maximum atomic E-state index is 11.6. The van der Waals surface area contributed by atoms with Gasteiger partial charge in [-0.05, 0) is 26.7 Å². The first-order valence-corrected chi connectivity index (χ1v) is 5.88. The molecule has 1 aliphatic rings. The van der Waals surface area contributed by atoms with Crippen molar-refractivity contribution in [2.24, 2.45) is 5.92 Å². The Labute approximate surface area is 92.5 Å². The summed E-state index contributed by atoms with van der Waals surface area (Å²) in [5.41, 5.74) is -0.581. The number of hydrogen-bond acceptors (Lipinski definition) is 4. The molecule has 0 N–H and O–H groups in total. The molecular formula is C9H17NO4S. The number of rotatable bonds is 0. The normalized spacial score (nSPS) is 27.6. The highest BCUT2D eigenvalue weighted by molar-refractivity contribution is 7.78. The van der Waals surface area contributed by atoms with Crippen molar-refractivity contribution in [3.05, 3.63) is 0 Å². The van der Waals surface area contributed by atoms with E-state index < -0.39 is 23.0 Å². The van der Waals surface area contributed by atoms with E-state index in [-0.39, 0.29) is 5.92 Å². The molecule has 1 heterocycles. The van der Waals surface area contributed by atoms with E-state index in [1.54, 1.807) is 20.8 Å². The number of ether oxygens (including phenoxy) is 1. The molecule has 0 spiro atoms. The van der Waals surface area contributed by atoms with Gasteiger partial charge in [0, 0.05) is 6.54 Å². The quantitative estimate of drug-likeness (QED) is 0.638. The van der Waals surface area contributed by atoms with Crippen LogP contribution in [0.2, 0.25) is 0 Å². The van der Waals surface area contributed by atoms with Crippen molar-refractivity contribution in [2.75, 3.05) is 13.2 Å². The zero-order valence-electron chi connectivity index (χ0n) is 9.48. The van der Waals surface area contributed by atoms with E-state index in [0.29, 0.717) is 13.2 Å². The number of carbonyl (C=O) groups excluding carboxylic acids is 1. The van der Waals surface area contributed by atoms with Gasteiger partial charge in [0.1, 0.15) is 5.60 Å². The van der Waals surface area contributed by atoms with Crippen LogP contribution in [0.1, 0.15) is 27.7 Å². The van der Waals surface area contributed by atoms with Gasteiger partial charge >= 0.3 is 6.09 Å². The summed E-state index contributed by atoms with van der Waals surface area (Å²) in [5, 5.41) is 0. The van der Waals surface area contributed by atoms with E-state index in [0.717, 1.165) is 4.31 Å². The second-order valence-electron chi connectivity index (χ2n) is 4.65. The van der Waals surface area contributed by atoms with Gasteiger partial charge in [-0.1, -0.05) is 6.92 Å². The summed E-state index contributed by atoms with van der Waals surface area (Å²) < 4.78 is 22.5. The summed E-state index contributed by atoms with van der Waals surface area (Å²) in [6.45, 7) is 8.04. The van der Waals surface area contributed by atoms with Gasteiger partial charge in [-0.2, -0.15) is 0 Å². The lowest BCUT2D eigenvalue weighted by Crippen LogP contribution is -2.45. The molecule has 0 radical (unpaired) electrons. The molecular weight excluding hydrogens is 218 g/mol. The van der Waals surface area contributed by atoms with Gasteiger partial charge in [0.2, 0.25) is 0 Å². The van der Waals surface area contributed by atoms with E-state index in [2.05, 4.69) is 0 Å². The molecule has 1 saturated heterocycles. The molecule has 0 aliphatic carbocycles. The van der Waals surface area contributed by atoms with Crippen molar-refractivity contribution < 1.29 is 17.9 Å². The molecule has 88 valence electrons. The SMILES string of the molecule is CC1COS(=O)N(C(=O)OC(C)(C)C)C1. The van der Waals surface area contributed by atoms with Gasteiger partial charge in [-0.25, -0.2) is 13.3 Å². The van der Waals surface area contributed by atoms with Crippen LogP contribution in [-0.4, -0.2) is 33.4 Å². The molecule has 0 aromatic carbocycles. The van der Waals surface area contributed by atoms with Crippen molar-refractivity contribution in [2.45, 2.75) is 33.3 Å². The molecule has 1 fully saturated rings. The van der Waals surface area contributed by atoms with Crippen LogP contribution in [0.25, 0.3) is 0 Å². The Morgan fingerprint density at radius 3 is 2.67 bits per heavy atom. The van der Waals surface area contributed by atoms with Crippen molar-refractivity contribution in [1.29, 1.82) is 0 Å². The average molecular weight is 235 g/mol. The van der Waals surface area contributed by atoms with Crippen LogP contribution >= 0.6 is 0 Å². The standard InChI is InChI=1S/C9H17NO4S/c1-7-5-10(15(12)13-6-7)8(11)14-9(2,3)4/h7H,5-6H2,1-4H3. The molecule has 1 amide bonds. The van der Waals surface area contributed by atoms with Crippen LogP contribution < -0.4 is 0 Å². The lowest BCUT2D eigenvalue weighted by atomic mass is 10.2. The molecule has 1 rings (SSSR count). The van der Waals surface area contributed by atoms with Gasteiger partial charge in [-0.3, -0.25) is 4.18 Å². The predicted octanol–water partition coefficient (Wildman–Crippen LogP) is 1.47. The Hall–Kier alpha value is -0.620. The lowest BCUT2D eigenvalue weighted by Gasteiger charge is -2.30. The summed E-state index contributed by atoms with van der Waals surface area (Å²) in [5.74, 6) is 0.176. The molecule has 2 unspecified atom stereocenters. The average Bonchev–Trinajstić information content (AvgIpc) is 2.06. The fourth-order valence-corrected chi connectivity index (χ4v) is 2.09. The summed E-state index contributed by atoms with van der Waals surface area (Å²) in [6, 6.07) is 0. The third-order valence-corrected chi connectivity index (χ3v) is 2.70. The van der Waals surface area contributed by atoms with Gasteiger partial charge in [0.15, 0.2) is 0 Å². The maximum absolute atomic E-state index is 11.6. The van der Waals surface area contributed by atoms with E-state index in [1.807, 2.05) is 6.92 Å². The minimum Gasteiger partial charge on any atom is -0.443 e. The van der Waals surface area contributed by atoms with E-state index in [9.17, 15) is 9.00 Å². The number of carbonyl (C=O) groups is 1. The van der Waals surface area contributed by atoms with Crippen LogP contribution in [0.15, 0.2) is 0 Å². The molecule has 0 bridgehead atoms. The molecule has 15 heavy (non-hydrogen) atoms. The van der Waals surface area contributed by atoms with Gasteiger partial charge in [0.05, 0.1) is 6.61 Å². The van der Waals surface area contributed by atoms with Gasteiger partial charge < -0.3 is 4.74 Å². The summed E-state index contributed by atoms with van der Waals surface area (Å²) in [7, 11) is 0. The molecule has 0 aromatic heterocycles. The van der Waals surface area contributed by atoms with Crippen LogP contribution in [0.3, 0.4) is 0 Å². The predicted molar refractivity (Wildman–Crippen MR) is 56.2 cm³/mol. The van der Waals surface area contributed by atoms with Crippen LogP contribution in [0.4, 0.5) is 4.79 Å². The zero-order valence-corrected chi connectivity index (χ0v) is 10.3. The van der Waals surface area contributed by atoms with E-state index >= 15 is 0 Å². The summed E-state index contributed by atoms with van der Waals surface area (Å²) in [6.07, 6.45) is -0.590. The monoisotopic (exact) mass is 235 g/mol. The molecule has 1 aliphatic heterocycles.